The summed E-state index contributed by atoms with van der Waals surface area (Å²) < 4.78 is 0. The molecule has 0 amide bonds. The molecular weight excluding hydrogens is 270 g/mol. The molecule has 114 valence electrons. The van der Waals surface area contributed by atoms with E-state index >= 15 is 0 Å². The van der Waals surface area contributed by atoms with Gasteiger partial charge in [0.05, 0.1) is 4.92 Å². The van der Waals surface area contributed by atoms with Crippen molar-refractivity contribution in [3.63, 3.8) is 0 Å². The number of rotatable bonds is 3. The first-order valence-corrected chi connectivity index (χ1v) is 7.14. The maximum atomic E-state index is 11.9. The average molecular weight is 291 g/mol. The van der Waals surface area contributed by atoms with Crippen LogP contribution in [0.5, 0.6) is 0 Å². The van der Waals surface area contributed by atoms with Crippen molar-refractivity contribution in [3.05, 3.63) is 33.9 Å². The minimum absolute atomic E-state index is 0.0384. The fourth-order valence-corrected chi connectivity index (χ4v) is 2.90. The first-order chi connectivity index (χ1) is 9.90. The Balaban J connectivity index is 2.42. The van der Waals surface area contributed by atoms with Crippen LogP contribution in [0.1, 0.15) is 30.6 Å². The van der Waals surface area contributed by atoms with Gasteiger partial charge >= 0.3 is 0 Å². The Morgan fingerprint density at radius 1 is 1.38 bits per heavy atom. The molecule has 1 unspecified atom stereocenters. The number of carbonyl (C=O) groups is 1. The third-order valence-electron chi connectivity index (χ3n) is 3.93. The summed E-state index contributed by atoms with van der Waals surface area (Å²) >= 11 is 0. The molecule has 1 saturated heterocycles. The van der Waals surface area contributed by atoms with Crippen LogP contribution < -0.4 is 4.90 Å². The predicted octanol–water partition coefficient (Wildman–Crippen LogP) is 2.33. The Morgan fingerprint density at radius 3 is 2.71 bits per heavy atom. The quantitative estimate of drug-likeness (QED) is 0.486. The number of anilines is 1. The van der Waals surface area contributed by atoms with Gasteiger partial charge in [-0.25, -0.2) is 0 Å². The van der Waals surface area contributed by atoms with E-state index in [0.717, 1.165) is 31.7 Å². The number of benzene rings is 1. The second kappa shape index (κ2) is 6.22. The number of nitro groups is 1. The maximum Gasteiger partial charge on any atom is 0.270 e. The van der Waals surface area contributed by atoms with E-state index < -0.39 is 4.92 Å². The molecule has 0 bridgehead atoms. The number of ketones is 1. The number of likely N-dealkylation sites (N-methyl/N-ethyl adjacent to an activating group) is 1. The van der Waals surface area contributed by atoms with Gasteiger partial charge in [0.15, 0.2) is 5.78 Å². The standard InChI is InChI=1S/C15H21N3O3/c1-11-10-16(3)7-4-8-17(11)15-6-5-13(18(20)21)9-14(15)12(2)19/h5-6,9,11H,4,7-8,10H2,1-3H3. The van der Waals surface area contributed by atoms with Crippen LogP contribution in [0.15, 0.2) is 18.2 Å². The molecule has 0 spiro atoms. The third kappa shape index (κ3) is 3.39. The molecule has 0 aromatic heterocycles. The van der Waals surface area contributed by atoms with Crippen molar-refractivity contribution >= 4 is 17.2 Å². The molecule has 1 heterocycles. The van der Waals surface area contributed by atoms with Gasteiger partial charge < -0.3 is 9.80 Å². The van der Waals surface area contributed by atoms with Crippen LogP contribution >= 0.6 is 0 Å². The van der Waals surface area contributed by atoms with E-state index in [4.69, 9.17) is 0 Å². The fourth-order valence-electron chi connectivity index (χ4n) is 2.90. The molecule has 2 rings (SSSR count). The molecule has 1 fully saturated rings. The summed E-state index contributed by atoms with van der Waals surface area (Å²) in [6.45, 7) is 6.35. The highest BCUT2D eigenvalue weighted by Gasteiger charge is 2.24. The van der Waals surface area contributed by atoms with Crippen LogP contribution in [-0.2, 0) is 0 Å². The molecule has 21 heavy (non-hydrogen) atoms. The summed E-state index contributed by atoms with van der Waals surface area (Å²) in [5.41, 5.74) is 1.19. The summed E-state index contributed by atoms with van der Waals surface area (Å²) in [5, 5.41) is 10.9. The number of non-ortho nitro benzene ring substituents is 1. The van der Waals surface area contributed by atoms with Crippen LogP contribution in [0.3, 0.4) is 0 Å². The number of nitrogens with zero attached hydrogens (tertiary/aromatic N) is 3. The molecular formula is C15H21N3O3. The van der Waals surface area contributed by atoms with Crippen molar-refractivity contribution in [1.29, 1.82) is 0 Å². The zero-order valence-corrected chi connectivity index (χ0v) is 12.7. The van der Waals surface area contributed by atoms with E-state index in [2.05, 4.69) is 23.8 Å². The van der Waals surface area contributed by atoms with Crippen molar-refractivity contribution in [2.24, 2.45) is 0 Å². The van der Waals surface area contributed by atoms with Crippen LogP contribution in [0.25, 0.3) is 0 Å². The SMILES string of the molecule is CC(=O)c1cc([N+](=O)[O-])ccc1N1CCCN(C)CC1C. The van der Waals surface area contributed by atoms with Crippen LogP contribution in [-0.4, -0.2) is 48.3 Å². The molecule has 0 aliphatic carbocycles. The largest absolute Gasteiger partial charge is 0.367 e. The number of Topliss-reactive ketones (excluding diaryl/α,β-unsaturated/α-hetero) is 1. The molecule has 0 radical (unpaired) electrons. The second-order valence-corrected chi connectivity index (χ2v) is 5.67. The van der Waals surface area contributed by atoms with E-state index in [0.29, 0.717) is 5.56 Å². The van der Waals surface area contributed by atoms with Gasteiger partial charge in [-0.3, -0.25) is 14.9 Å². The van der Waals surface area contributed by atoms with Gasteiger partial charge in [-0.2, -0.15) is 0 Å². The number of nitro benzene ring substituents is 1. The van der Waals surface area contributed by atoms with Crippen molar-refractivity contribution in [2.75, 3.05) is 31.6 Å². The lowest BCUT2D eigenvalue weighted by Gasteiger charge is -2.31. The Kier molecular flexibility index (Phi) is 4.57. The minimum Gasteiger partial charge on any atom is -0.367 e. The van der Waals surface area contributed by atoms with E-state index in [1.54, 1.807) is 6.07 Å². The summed E-state index contributed by atoms with van der Waals surface area (Å²) in [5.74, 6) is -0.140. The lowest BCUT2D eigenvalue weighted by Crippen LogP contribution is -2.38. The number of hydrogen-bond donors (Lipinski definition) is 0. The molecule has 6 nitrogen and oxygen atoms in total. The van der Waals surface area contributed by atoms with Gasteiger partial charge in [0.2, 0.25) is 0 Å². The van der Waals surface area contributed by atoms with Crippen molar-refractivity contribution in [1.82, 2.24) is 4.90 Å². The van der Waals surface area contributed by atoms with E-state index in [1.807, 2.05) is 0 Å². The van der Waals surface area contributed by atoms with Crippen molar-refractivity contribution < 1.29 is 9.72 Å². The molecule has 0 saturated carbocycles. The Bertz CT molecular complexity index is 559. The van der Waals surface area contributed by atoms with Crippen molar-refractivity contribution in [2.45, 2.75) is 26.3 Å². The number of hydrogen-bond acceptors (Lipinski definition) is 5. The molecule has 6 heteroatoms. The Hall–Kier alpha value is -1.95. The van der Waals surface area contributed by atoms with Gasteiger partial charge in [-0.15, -0.1) is 0 Å². The summed E-state index contributed by atoms with van der Waals surface area (Å²) in [6, 6.07) is 4.83. The zero-order chi connectivity index (χ0) is 15.6. The Morgan fingerprint density at radius 2 is 2.10 bits per heavy atom. The lowest BCUT2D eigenvalue weighted by atomic mass is 10.1. The van der Waals surface area contributed by atoms with E-state index in [9.17, 15) is 14.9 Å². The average Bonchev–Trinajstić information content (AvgIpc) is 2.58. The van der Waals surface area contributed by atoms with Gasteiger partial charge in [0.25, 0.3) is 5.69 Å². The van der Waals surface area contributed by atoms with E-state index in [-0.39, 0.29) is 17.5 Å². The second-order valence-electron chi connectivity index (χ2n) is 5.67. The van der Waals surface area contributed by atoms with E-state index in [1.165, 1.54) is 19.1 Å². The highest BCUT2D eigenvalue weighted by Crippen LogP contribution is 2.28. The topological polar surface area (TPSA) is 66.7 Å². The highest BCUT2D eigenvalue weighted by atomic mass is 16.6. The highest BCUT2D eigenvalue weighted by molar-refractivity contribution is 6.00. The first-order valence-electron chi connectivity index (χ1n) is 7.14. The molecule has 1 aliphatic rings. The van der Waals surface area contributed by atoms with Crippen LogP contribution in [0.2, 0.25) is 0 Å². The van der Waals surface area contributed by atoms with Gasteiger partial charge in [-0.05, 0) is 39.9 Å². The minimum atomic E-state index is -0.462. The summed E-state index contributed by atoms with van der Waals surface area (Å²) in [7, 11) is 2.09. The van der Waals surface area contributed by atoms with Crippen molar-refractivity contribution in [3.8, 4) is 0 Å². The van der Waals surface area contributed by atoms with Crippen LogP contribution in [0.4, 0.5) is 11.4 Å². The normalized spacial score (nSPS) is 20.1. The molecule has 1 aromatic carbocycles. The lowest BCUT2D eigenvalue weighted by molar-refractivity contribution is -0.384. The molecule has 1 aromatic rings. The molecule has 0 N–H and O–H groups in total. The summed E-state index contributed by atoms with van der Waals surface area (Å²) in [6.07, 6.45) is 1.01. The molecule has 1 aliphatic heterocycles. The third-order valence-corrected chi connectivity index (χ3v) is 3.93. The zero-order valence-electron chi connectivity index (χ0n) is 12.7. The van der Waals surface area contributed by atoms with Gasteiger partial charge in [0.1, 0.15) is 0 Å². The fraction of sp³-hybridized carbons (Fsp3) is 0.533. The maximum absolute atomic E-state index is 11.9. The summed E-state index contributed by atoms with van der Waals surface area (Å²) in [4.78, 5) is 26.8. The van der Waals surface area contributed by atoms with Crippen LogP contribution in [0, 0.1) is 10.1 Å². The Labute approximate surface area is 124 Å². The smallest absolute Gasteiger partial charge is 0.270 e. The van der Waals surface area contributed by atoms with Gasteiger partial charge in [-0.1, -0.05) is 0 Å². The predicted molar refractivity (Wildman–Crippen MR) is 82.0 cm³/mol. The number of carbonyl (C=O) groups excluding carboxylic acids is 1. The molecule has 1 atom stereocenters. The van der Waals surface area contributed by atoms with Gasteiger partial charge in [0, 0.05) is 42.5 Å². The first kappa shape index (κ1) is 15.4. The monoisotopic (exact) mass is 291 g/mol.